The third-order valence-corrected chi connectivity index (χ3v) is 9.37. The molecule has 9 nitrogen and oxygen atoms in total. The first-order valence-electron chi connectivity index (χ1n) is 15.4. The number of amides is 2. The highest BCUT2D eigenvalue weighted by molar-refractivity contribution is 7.90. The van der Waals surface area contributed by atoms with Crippen molar-refractivity contribution in [1.82, 2.24) is 14.6 Å². The Balaban J connectivity index is 1.23. The topological polar surface area (TPSA) is 116 Å². The fourth-order valence-corrected chi connectivity index (χ4v) is 6.88. The molecule has 1 aromatic heterocycles. The largest absolute Gasteiger partial charge is 0.494 e. The van der Waals surface area contributed by atoms with E-state index in [-0.39, 0.29) is 16.7 Å². The molecule has 0 aliphatic rings. The van der Waals surface area contributed by atoms with Crippen LogP contribution in [0.2, 0.25) is 0 Å². The van der Waals surface area contributed by atoms with Gasteiger partial charge in [-0.3, -0.25) is 9.59 Å². The SMILES string of the molecule is CC(=O)NCCc1cn(S(=O)(=O)c2ccccc2)c2ccc(OCCCCOc3cccc4cccc(CCNC(C)=O)c34)cc12. The van der Waals surface area contributed by atoms with Gasteiger partial charge < -0.3 is 20.1 Å². The van der Waals surface area contributed by atoms with Crippen molar-refractivity contribution >= 4 is 43.5 Å². The minimum atomic E-state index is -3.82. The molecule has 0 spiro atoms. The Morgan fingerprint density at radius 1 is 0.739 bits per heavy atom. The number of fused-ring (bicyclic) bond motifs is 2. The summed E-state index contributed by atoms with van der Waals surface area (Å²) in [6.07, 6.45) is 4.36. The summed E-state index contributed by atoms with van der Waals surface area (Å²) in [5, 5.41) is 8.57. The Kier molecular flexibility index (Phi) is 10.6. The van der Waals surface area contributed by atoms with E-state index >= 15 is 0 Å². The van der Waals surface area contributed by atoms with E-state index in [4.69, 9.17) is 9.47 Å². The average Bonchev–Trinajstić information content (AvgIpc) is 3.41. The number of nitrogens with one attached hydrogen (secondary N) is 2. The van der Waals surface area contributed by atoms with Gasteiger partial charge in [-0.2, -0.15) is 0 Å². The molecule has 240 valence electrons. The highest BCUT2D eigenvalue weighted by atomic mass is 32.2. The Labute approximate surface area is 269 Å². The van der Waals surface area contributed by atoms with Crippen molar-refractivity contribution in [3.63, 3.8) is 0 Å². The van der Waals surface area contributed by atoms with Gasteiger partial charge in [0.25, 0.3) is 10.0 Å². The number of aromatic nitrogens is 1. The number of rotatable bonds is 15. The second kappa shape index (κ2) is 15.0. The summed E-state index contributed by atoms with van der Waals surface area (Å²) in [5.74, 6) is 1.28. The van der Waals surface area contributed by atoms with Gasteiger partial charge in [-0.1, -0.05) is 48.5 Å². The van der Waals surface area contributed by atoms with Gasteiger partial charge in [0.1, 0.15) is 11.5 Å². The summed E-state index contributed by atoms with van der Waals surface area (Å²) in [4.78, 5) is 23.0. The van der Waals surface area contributed by atoms with E-state index in [1.807, 2.05) is 24.3 Å². The van der Waals surface area contributed by atoms with Gasteiger partial charge in [0.05, 0.1) is 23.6 Å². The maximum absolute atomic E-state index is 13.5. The second-order valence-corrected chi connectivity index (χ2v) is 12.9. The van der Waals surface area contributed by atoms with E-state index in [1.54, 1.807) is 48.7 Å². The van der Waals surface area contributed by atoms with Crippen LogP contribution in [0.1, 0.15) is 37.8 Å². The van der Waals surface area contributed by atoms with Gasteiger partial charge in [0, 0.05) is 43.9 Å². The van der Waals surface area contributed by atoms with Gasteiger partial charge in [-0.15, -0.1) is 0 Å². The van der Waals surface area contributed by atoms with E-state index in [0.29, 0.717) is 50.4 Å². The minimum Gasteiger partial charge on any atom is -0.494 e. The average molecular weight is 642 g/mol. The molecule has 0 atom stereocenters. The highest BCUT2D eigenvalue weighted by Crippen LogP contribution is 2.31. The van der Waals surface area contributed by atoms with Gasteiger partial charge in [-0.25, -0.2) is 12.4 Å². The Hall–Kier alpha value is -4.83. The van der Waals surface area contributed by atoms with E-state index < -0.39 is 10.0 Å². The van der Waals surface area contributed by atoms with Crippen LogP contribution in [-0.2, 0) is 32.5 Å². The van der Waals surface area contributed by atoms with Gasteiger partial charge in [0.2, 0.25) is 11.8 Å². The molecule has 10 heteroatoms. The molecular weight excluding hydrogens is 602 g/mol. The predicted octanol–water partition coefficient (Wildman–Crippen LogP) is 5.63. The van der Waals surface area contributed by atoms with Crippen LogP contribution in [0, 0.1) is 0 Å². The minimum absolute atomic E-state index is 0.0457. The molecule has 0 bridgehead atoms. The Bertz CT molecular complexity index is 1930. The van der Waals surface area contributed by atoms with E-state index in [9.17, 15) is 18.0 Å². The lowest BCUT2D eigenvalue weighted by molar-refractivity contribution is -0.119. The number of nitrogens with zero attached hydrogens (tertiary/aromatic N) is 1. The maximum Gasteiger partial charge on any atom is 0.268 e. The molecule has 5 aromatic rings. The lowest BCUT2D eigenvalue weighted by Gasteiger charge is -2.13. The first-order chi connectivity index (χ1) is 22.2. The number of carbonyl (C=O) groups is 2. The molecule has 0 saturated heterocycles. The summed E-state index contributed by atoms with van der Waals surface area (Å²) in [6, 6.07) is 25.9. The van der Waals surface area contributed by atoms with Crippen molar-refractivity contribution in [1.29, 1.82) is 0 Å². The first-order valence-corrected chi connectivity index (χ1v) is 16.9. The molecule has 0 fully saturated rings. The van der Waals surface area contributed by atoms with Crippen molar-refractivity contribution < 1.29 is 27.5 Å². The number of carbonyl (C=O) groups excluding carboxylic acids is 2. The zero-order valence-electron chi connectivity index (χ0n) is 26.1. The van der Waals surface area contributed by atoms with Crippen molar-refractivity contribution in [2.24, 2.45) is 0 Å². The molecule has 0 aliphatic heterocycles. The first kappa shape index (κ1) is 32.6. The van der Waals surface area contributed by atoms with Crippen molar-refractivity contribution in [3.05, 3.63) is 102 Å². The molecular formula is C36H39N3O6S. The zero-order valence-corrected chi connectivity index (χ0v) is 26.9. The van der Waals surface area contributed by atoms with Gasteiger partial charge >= 0.3 is 0 Å². The number of benzene rings is 4. The summed E-state index contributed by atoms with van der Waals surface area (Å²) in [7, 11) is -3.82. The number of ether oxygens (including phenoxy) is 2. The second-order valence-electron chi connectivity index (χ2n) is 11.1. The fourth-order valence-electron chi connectivity index (χ4n) is 5.47. The maximum atomic E-state index is 13.5. The molecule has 4 aromatic carbocycles. The molecule has 1 heterocycles. The lowest BCUT2D eigenvalue weighted by Crippen LogP contribution is -2.22. The Morgan fingerprint density at radius 2 is 1.39 bits per heavy atom. The van der Waals surface area contributed by atoms with Crippen molar-refractivity contribution in [2.75, 3.05) is 26.3 Å². The quantitative estimate of drug-likeness (QED) is 0.143. The summed E-state index contributed by atoms with van der Waals surface area (Å²) < 4.78 is 40.6. The fraction of sp³-hybridized carbons (Fsp3) is 0.278. The molecule has 46 heavy (non-hydrogen) atoms. The normalized spacial score (nSPS) is 11.4. The van der Waals surface area contributed by atoms with Crippen LogP contribution in [0.25, 0.3) is 21.7 Å². The zero-order chi connectivity index (χ0) is 32.5. The van der Waals surface area contributed by atoms with Crippen LogP contribution in [0.3, 0.4) is 0 Å². The third-order valence-electron chi connectivity index (χ3n) is 7.68. The summed E-state index contributed by atoms with van der Waals surface area (Å²) in [5.41, 5.74) is 2.48. The van der Waals surface area contributed by atoms with Crippen LogP contribution in [0.15, 0.2) is 96.0 Å². The smallest absolute Gasteiger partial charge is 0.268 e. The molecule has 0 radical (unpaired) electrons. The predicted molar refractivity (Wildman–Crippen MR) is 180 cm³/mol. The Morgan fingerprint density at radius 3 is 2.09 bits per heavy atom. The molecule has 2 N–H and O–H groups in total. The number of hydrogen-bond acceptors (Lipinski definition) is 6. The third kappa shape index (κ3) is 7.87. The van der Waals surface area contributed by atoms with Crippen LogP contribution in [-0.4, -0.2) is 50.5 Å². The van der Waals surface area contributed by atoms with Crippen LogP contribution >= 0.6 is 0 Å². The van der Waals surface area contributed by atoms with Crippen LogP contribution in [0.4, 0.5) is 0 Å². The number of hydrogen-bond donors (Lipinski definition) is 2. The number of unbranched alkanes of at least 4 members (excludes halogenated alkanes) is 1. The van der Waals surface area contributed by atoms with Crippen molar-refractivity contribution in [3.8, 4) is 11.5 Å². The molecule has 2 amide bonds. The molecule has 0 unspecified atom stereocenters. The van der Waals surface area contributed by atoms with Gasteiger partial charge in [-0.05, 0) is 78.6 Å². The van der Waals surface area contributed by atoms with Crippen molar-refractivity contribution in [2.45, 2.75) is 44.4 Å². The monoisotopic (exact) mass is 641 g/mol. The van der Waals surface area contributed by atoms with E-state index in [2.05, 4.69) is 28.8 Å². The van der Waals surface area contributed by atoms with E-state index in [0.717, 1.165) is 45.9 Å². The summed E-state index contributed by atoms with van der Waals surface area (Å²) in [6.45, 7) is 4.92. The highest BCUT2D eigenvalue weighted by Gasteiger charge is 2.21. The van der Waals surface area contributed by atoms with E-state index in [1.165, 1.54) is 17.8 Å². The molecule has 0 aliphatic carbocycles. The lowest BCUT2D eigenvalue weighted by atomic mass is 10.0. The molecule has 0 saturated carbocycles. The summed E-state index contributed by atoms with van der Waals surface area (Å²) >= 11 is 0. The van der Waals surface area contributed by atoms with Crippen LogP contribution < -0.4 is 20.1 Å². The standard InChI is InChI=1S/C36H39N3O6S/c1-26(40)37-20-18-29-11-8-10-28-12-9-15-35(36(28)29)45-23-7-6-22-44-31-16-17-34-33(24-31)30(19-21-38-27(2)41)25-39(34)46(42,43)32-13-4-3-5-14-32/h3-5,8-17,24-25H,6-7,18-23H2,1-2H3,(H,37,40)(H,38,41). The molecule has 5 rings (SSSR count). The van der Waals surface area contributed by atoms with Crippen LogP contribution in [0.5, 0.6) is 11.5 Å². The van der Waals surface area contributed by atoms with Gasteiger partial charge in [0.15, 0.2) is 0 Å².